The van der Waals surface area contributed by atoms with E-state index in [9.17, 15) is 18.0 Å². The lowest BCUT2D eigenvalue weighted by molar-refractivity contribution is 0.0452. The number of benzene rings is 1. The van der Waals surface area contributed by atoms with Gasteiger partial charge < -0.3 is 4.74 Å². The summed E-state index contributed by atoms with van der Waals surface area (Å²) in [5.41, 5.74) is -0.598. The van der Waals surface area contributed by atoms with Crippen molar-refractivity contribution in [2.24, 2.45) is 5.92 Å². The van der Waals surface area contributed by atoms with Gasteiger partial charge in [0.05, 0.1) is 12.2 Å². The zero-order chi connectivity index (χ0) is 12.3. The highest BCUT2D eigenvalue weighted by Gasteiger charge is 2.19. The van der Waals surface area contributed by atoms with Crippen LogP contribution in [0.4, 0.5) is 13.2 Å². The first kappa shape index (κ1) is 12.5. The zero-order valence-electron chi connectivity index (χ0n) is 8.89. The third kappa shape index (κ3) is 2.74. The van der Waals surface area contributed by atoms with Gasteiger partial charge in [0.2, 0.25) is 0 Å². The third-order valence-corrected chi connectivity index (χ3v) is 1.80. The Morgan fingerprint density at radius 2 is 1.88 bits per heavy atom. The molecule has 88 valence electrons. The van der Waals surface area contributed by atoms with E-state index in [1.54, 1.807) is 13.8 Å². The van der Waals surface area contributed by atoms with Crippen molar-refractivity contribution in [1.29, 1.82) is 0 Å². The van der Waals surface area contributed by atoms with Crippen molar-refractivity contribution in [1.82, 2.24) is 0 Å². The largest absolute Gasteiger partial charge is 0.462 e. The monoisotopic (exact) mass is 232 g/mol. The Labute approximate surface area is 91.0 Å². The maximum absolute atomic E-state index is 13.1. The van der Waals surface area contributed by atoms with Gasteiger partial charge in [0, 0.05) is 0 Å². The van der Waals surface area contributed by atoms with Gasteiger partial charge in [0.25, 0.3) is 0 Å². The fourth-order valence-electron chi connectivity index (χ4n) is 1.00. The lowest BCUT2D eigenvalue weighted by Crippen LogP contribution is -2.13. The molecule has 0 spiro atoms. The van der Waals surface area contributed by atoms with Crippen LogP contribution in [0.2, 0.25) is 0 Å². The van der Waals surface area contributed by atoms with Crippen LogP contribution in [0.1, 0.15) is 24.2 Å². The summed E-state index contributed by atoms with van der Waals surface area (Å²) in [6.45, 7) is 3.70. The SMILES string of the molecule is CC(C)COC(=O)c1ccc(F)c(F)c1F. The lowest BCUT2D eigenvalue weighted by Gasteiger charge is -2.08. The molecular weight excluding hydrogens is 221 g/mol. The molecule has 0 aromatic heterocycles. The highest BCUT2D eigenvalue weighted by Crippen LogP contribution is 2.16. The molecule has 0 heterocycles. The molecule has 0 saturated heterocycles. The molecule has 0 atom stereocenters. The molecule has 0 unspecified atom stereocenters. The van der Waals surface area contributed by atoms with E-state index in [1.807, 2.05) is 0 Å². The molecule has 5 heteroatoms. The van der Waals surface area contributed by atoms with Crippen LogP contribution in [0.5, 0.6) is 0 Å². The molecule has 0 bridgehead atoms. The molecule has 1 rings (SSSR count). The number of halogens is 3. The number of carbonyl (C=O) groups is 1. The van der Waals surface area contributed by atoms with Gasteiger partial charge in [-0.2, -0.15) is 0 Å². The van der Waals surface area contributed by atoms with E-state index in [0.717, 1.165) is 6.07 Å². The van der Waals surface area contributed by atoms with Crippen LogP contribution in [-0.2, 0) is 4.74 Å². The van der Waals surface area contributed by atoms with E-state index in [4.69, 9.17) is 4.74 Å². The molecule has 0 aliphatic carbocycles. The Bertz CT molecular complexity index is 402. The van der Waals surface area contributed by atoms with Crippen molar-refractivity contribution in [3.05, 3.63) is 35.1 Å². The van der Waals surface area contributed by atoms with Crippen LogP contribution in [0, 0.1) is 23.4 Å². The van der Waals surface area contributed by atoms with Gasteiger partial charge in [-0.1, -0.05) is 13.8 Å². The first-order valence-electron chi connectivity index (χ1n) is 4.74. The Hall–Kier alpha value is -1.52. The fourth-order valence-corrected chi connectivity index (χ4v) is 1.00. The van der Waals surface area contributed by atoms with Crippen molar-refractivity contribution < 1.29 is 22.7 Å². The second-order valence-electron chi connectivity index (χ2n) is 3.72. The predicted molar refractivity (Wildman–Crippen MR) is 51.4 cm³/mol. The van der Waals surface area contributed by atoms with E-state index in [1.165, 1.54) is 0 Å². The van der Waals surface area contributed by atoms with E-state index >= 15 is 0 Å². The summed E-state index contributed by atoms with van der Waals surface area (Å²) in [6.07, 6.45) is 0. The maximum atomic E-state index is 13.1. The summed E-state index contributed by atoms with van der Waals surface area (Å²) in [7, 11) is 0. The quantitative estimate of drug-likeness (QED) is 0.591. The average molecular weight is 232 g/mol. The highest BCUT2D eigenvalue weighted by atomic mass is 19.2. The van der Waals surface area contributed by atoms with Gasteiger partial charge in [0.15, 0.2) is 17.5 Å². The van der Waals surface area contributed by atoms with Gasteiger partial charge in [-0.25, -0.2) is 18.0 Å². The van der Waals surface area contributed by atoms with Crippen LogP contribution in [0.15, 0.2) is 12.1 Å². The number of esters is 1. The van der Waals surface area contributed by atoms with Gasteiger partial charge >= 0.3 is 5.97 Å². The minimum Gasteiger partial charge on any atom is -0.462 e. The van der Waals surface area contributed by atoms with E-state index in [0.29, 0.717) is 6.07 Å². The molecular formula is C11H11F3O2. The highest BCUT2D eigenvalue weighted by molar-refractivity contribution is 5.89. The van der Waals surface area contributed by atoms with Crippen LogP contribution in [0.25, 0.3) is 0 Å². The third-order valence-electron chi connectivity index (χ3n) is 1.80. The summed E-state index contributed by atoms with van der Waals surface area (Å²) >= 11 is 0. The number of carbonyl (C=O) groups excluding carboxylic acids is 1. The summed E-state index contributed by atoms with van der Waals surface area (Å²) in [4.78, 5) is 11.3. The Balaban J connectivity index is 2.88. The van der Waals surface area contributed by atoms with Gasteiger partial charge in [0.1, 0.15) is 0 Å². The molecule has 1 aromatic rings. The second-order valence-corrected chi connectivity index (χ2v) is 3.72. The van der Waals surface area contributed by atoms with Gasteiger partial charge in [-0.05, 0) is 18.1 Å². The molecule has 16 heavy (non-hydrogen) atoms. The van der Waals surface area contributed by atoms with Crippen molar-refractivity contribution in [3.8, 4) is 0 Å². The van der Waals surface area contributed by atoms with E-state index in [-0.39, 0.29) is 12.5 Å². The van der Waals surface area contributed by atoms with Crippen molar-refractivity contribution in [2.75, 3.05) is 6.61 Å². The number of rotatable bonds is 3. The molecule has 0 radical (unpaired) electrons. The van der Waals surface area contributed by atoms with Crippen LogP contribution in [-0.4, -0.2) is 12.6 Å². The van der Waals surface area contributed by atoms with Crippen molar-refractivity contribution >= 4 is 5.97 Å². The van der Waals surface area contributed by atoms with Gasteiger partial charge in [-0.15, -0.1) is 0 Å². The molecule has 0 aliphatic heterocycles. The minimum absolute atomic E-state index is 0.0808. The van der Waals surface area contributed by atoms with Crippen LogP contribution in [0.3, 0.4) is 0 Å². The van der Waals surface area contributed by atoms with Crippen molar-refractivity contribution in [2.45, 2.75) is 13.8 Å². The first-order chi connectivity index (χ1) is 7.43. The topological polar surface area (TPSA) is 26.3 Å². The normalized spacial score (nSPS) is 10.6. The zero-order valence-corrected chi connectivity index (χ0v) is 8.89. The standard InChI is InChI=1S/C11H11F3O2/c1-6(2)5-16-11(15)7-3-4-8(12)10(14)9(7)13/h3-4,6H,5H2,1-2H3. The first-order valence-corrected chi connectivity index (χ1v) is 4.74. The van der Waals surface area contributed by atoms with Crippen LogP contribution < -0.4 is 0 Å². The Morgan fingerprint density at radius 3 is 2.44 bits per heavy atom. The second kappa shape index (κ2) is 5.01. The summed E-state index contributed by atoms with van der Waals surface area (Å²) in [5.74, 6) is -5.44. The maximum Gasteiger partial charge on any atom is 0.341 e. The smallest absolute Gasteiger partial charge is 0.341 e. The molecule has 0 N–H and O–H groups in total. The average Bonchev–Trinajstić information content (AvgIpc) is 2.23. The summed E-state index contributed by atoms with van der Waals surface area (Å²) in [6, 6.07) is 1.54. The lowest BCUT2D eigenvalue weighted by atomic mass is 10.2. The fraction of sp³-hybridized carbons (Fsp3) is 0.364. The molecule has 0 amide bonds. The summed E-state index contributed by atoms with van der Waals surface area (Å²) in [5, 5.41) is 0. The number of hydrogen-bond donors (Lipinski definition) is 0. The molecule has 0 saturated carbocycles. The number of ether oxygens (including phenoxy) is 1. The van der Waals surface area contributed by atoms with Crippen molar-refractivity contribution in [3.63, 3.8) is 0 Å². The predicted octanol–water partition coefficient (Wildman–Crippen LogP) is 2.92. The van der Waals surface area contributed by atoms with Gasteiger partial charge in [-0.3, -0.25) is 0 Å². The van der Waals surface area contributed by atoms with E-state index in [2.05, 4.69) is 0 Å². The van der Waals surface area contributed by atoms with Crippen LogP contribution >= 0.6 is 0 Å². The molecule has 0 fully saturated rings. The van der Waals surface area contributed by atoms with E-state index < -0.39 is 29.0 Å². The summed E-state index contributed by atoms with van der Waals surface area (Å²) < 4.78 is 43.2. The molecule has 0 aliphatic rings. The molecule has 2 nitrogen and oxygen atoms in total. The molecule has 1 aromatic carbocycles. The minimum atomic E-state index is -1.67. The number of hydrogen-bond acceptors (Lipinski definition) is 2. The Morgan fingerprint density at radius 1 is 1.25 bits per heavy atom. The Kier molecular flexibility index (Phi) is 3.93.